The number of hydrogen-bond donors (Lipinski definition) is 2. The van der Waals surface area contributed by atoms with Crippen LogP contribution in [0.2, 0.25) is 0 Å². The largest absolute Gasteiger partial charge is 0.411 e. The minimum absolute atomic E-state index is 0.0363. The molecule has 6 heteroatoms. The summed E-state index contributed by atoms with van der Waals surface area (Å²) in [6.07, 6.45) is -3.57. The highest BCUT2D eigenvalue weighted by Crippen LogP contribution is 2.49. The first-order valence-corrected chi connectivity index (χ1v) is 6.17. The van der Waals surface area contributed by atoms with Crippen molar-refractivity contribution in [2.75, 3.05) is 11.9 Å². The lowest BCUT2D eigenvalue weighted by Gasteiger charge is -2.20. The molecule has 19 heavy (non-hydrogen) atoms. The molecule has 2 N–H and O–H groups in total. The zero-order chi connectivity index (χ0) is 13.7. The predicted octanol–water partition coefficient (Wildman–Crippen LogP) is 2.48. The van der Waals surface area contributed by atoms with E-state index >= 15 is 0 Å². The van der Waals surface area contributed by atoms with Gasteiger partial charge in [-0.1, -0.05) is 6.07 Å². The first-order chi connectivity index (χ1) is 8.91. The van der Waals surface area contributed by atoms with Crippen molar-refractivity contribution in [1.82, 2.24) is 5.32 Å². The summed E-state index contributed by atoms with van der Waals surface area (Å²) in [5, 5.41) is 5.22. The molecule has 0 spiro atoms. The van der Waals surface area contributed by atoms with E-state index in [2.05, 4.69) is 10.6 Å². The van der Waals surface area contributed by atoms with Crippen molar-refractivity contribution < 1.29 is 18.0 Å². The molecule has 1 aliphatic heterocycles. The van der Waals surface area contributed by atoms with E-state index in [1.807, 2.05) is 0 Å². The Bertz CT molecular complexity index is 535. The summed E-state index contributed by atoms with van der Waals surface area (Å²) in [6, 6.07) is 4.98. The number of nitrogens with one attached hydrogen (secondary N) is 2. The number of fused-ring (bicyclic) bond motifs is 1. The van der Waals surface area contributed by atoms with Gasteiger partial charge in [0.25, 0.3) is 5.91 Å². The van der Waals surface area contributed by atoms with Gasteiger partial charge in [0.05, 0.1) is 0 Å². The molecule has 1 heterocycles. The van der Waals surface area contributed by atoms with Gasteiger partial charge in [0.15, 0.2) is 0 Å². The molecule has 1 aromatic carbocycles. The third-order valence-electron chi connectivity index (χ3n) is 3.73. The highest BCUT2D eigenvalue weighted by atomic mass is 19.4. The molecule has 0 atom stereocenters. The third-order valence-corrected chi connectivity index (χ3v) is 3.73. The number of rotatable bonds is 2. The zero-order valence-electron chi connectivity index (χ0n) is 10.1. The molecule has 1 saturated carbocycles. The van der Waals surface area contributed by atoms with Crippen LogP contribution < -0.4 is 10.6 Å². The number of amides is 1. The lowest BCUT2D eigenvalue weighted by Crippen LogP contribution is -2.47. The molecule has 3 rings (SSSR count). The fourth-order valence-corrected chi connectivity index (χ4v) is 2.33. The minimum atomic E-state index is -4.38. The van der Waals surface area contributed by atoms with Crippen LogP contribution in [0.3, 0.4) is 0 Å². The Morgan fingerprint density at radius 3 is 2.68 bits per heavy atom. The van der Waals surface area contributed by atoms with Crippen LogP contribution >= 0.6 is 0 Å². The Hall–Kier alpha value is -1.72. The second-order valence-electron chi connectivity index (χ2n) is 5.08. The molecule has 0 unspecified atom stereocenters. The summed E-state index contributed by atoms with van der Waals surface area (Å²) in [4.78, 5) is 11.9. The maximum atomic E-state index is 12.8. The molecule has 102 valence electrons. The van der Waals surface area contributed by atoms with Gasteiger partial charge < -0.3 is 10.6 Å². The van der Waals surface area contributed by atoms with Gasteiger partial charge in [-0.3, -0.25) is 4.79 Å². The second-order valence-corrected chi connectivity index (χ2v) is 5.08. The van der Waals surface area contributed by atoms with Crippen molar-refractivity contribution in [2.24, 2.45) is 0 Å². The quantitative estimate of drug-likeness (QED) is 0.866. The molecule has 1 aromatic rings. The van der Waals surface area contributed by atoms with Crippen molar-refractivity contribution in [3.8, 4) is 0 Å². The van der Waals surface area contributed by atoms with Crippen molar-refractivity contribution in [3.63, 3.8) is 0 Å². The molecule has 1 aliphatic carbocycles. The molecule has 1 fully saturated rings. The van der Waals surface area contributed by atoms with E-state index < -0.39 is 17.6 Å². The second kappa shape index (κ2) is 3.88. The van der Waals surface area contributed by atoms with Crippen molar-refractivity contribution >= 4 is 11.6 Å². The molecular formula is C13H13F3N2O. The van der Waals surface area contributed by atoms with Gasteiger partial charge in [0, 0.05) is 17.8 Å². The SMILES string of the molecule is O=C(NC1(C(F)(F)F)CC1)c1ccc2c(c1)NCC2. The maximum Gasteiger partial charge on any atom is 0.411 e. The highest BCUT2D eigenvalue weighted by molar-refractivity contribution is 5.96. The normalized spacial score (nSPS) is 19.5. The van der Waals surface area contributed by atoms with Crippen molar-refractivity contribution in [3.05, 3.63) is 29.3 Å². The molecule has 0 aromatic heterocycles. The molecule has 3 nitrogen and oxygen atoms in total. The minimum Gasteiger partial charge on any atom is -0.384 e. The van der Waals surface area contributed by atoms with Crippen LogP contribution in [0.1, 0.15) is 28.8 Å². The standard InChI is InChI=1S/C13H13F3N2O/c14-13(15,16)12(4-5-12)18-11(19)9-2-1-8-3-6-17-10(8)7-9/h1-2,7,17H,3-6H2,(H,18,19). The van der Waals surface area contributed by atoms with E-state index in [4.69, 9.17) is 0 Å². The lowest BCUT2D eigenvalue weighted by molar-refractivity contribution is -0.163. The Balaban J connectivity index is 1.78. The smallest absolute Gasteiger partial charge is 0.384 e. The van der Waals surface area contributed by atoms with Gasteiger partial charge in [0.1, 0.15) is 5.54 Å². The number of alkyl halides is 3. The van der Waals surface area contributed by atoms with E-state index in [0.29, 0.717) is 0 Å². The van der Waals surface area contributed by atoms with Gasteiger partial charge in [0.2, 0.25) is 0 Å². The first kappa shape index (κ1) is 12.3. The van der Waals surface area contributed by atoms with E-state index in [1.54, 1.807) is 18.2 Å². The number of hydrogen-bond acceptors (Lipinski definition) is 2. The summed E-state index contributed by atoms with van der Waals surface area (Å²) in [5.74, 6) is -0.661. The van der Waals surface area contributed by atoms with Crippen LogP contribution in [0.5, 0.6) is 0 Å². The Morgan fingerprint density at radius 2 is 2.05 bits per heavy atom. The highest BCUT2D eigenvalue weighted by Gasteiger charge is 2.64. The third kappa shape index (κ3) is 2.05. The van der Waals surface area contributed by atoms with Gasteiger partial charge in [-0.05, 0) is 37.0 Å². The number of anilines is 1. The maximum absolute atomic E-state index is 12.8. The van der Waals surface area contributed by atoms with E-state index in [9.17, 15) is 18.0 Å². The Morgan fingerprint density at radius 1 is 1.32 bits per heavy atom. The fourth-order valence-electron chi connectivity index (χ4n) is 2.33. The van der Waals surface area contributed by atoms with Gasteiger partial charge in [-0.25, -0.2) is 0 Å². The number of benzene rings is 1. The van der Waals surface area contributed by atoms with Gasteiger partial charge >= 0.3 is 6.18 Å². The van der Waals surface area contributed by atoms with Crippen molar-refractivity contribution in [1.29, 1.82) is 0 Å². The molecule has 1 amide bonds. The number of halogens is 3. The lowest BCUT2D eigenvalue weighted by atomic mass is 10.1. The van der Waals surface area contributed by atoms with Crippen LogP contribution in [-0.2, 0) is 6.42 Å². The van der Waals surface area contributed by atoms with Crippen LogP contribution in [0, 0.1) is 0 Å². The van der Waals surface area contributed by atoms with Crippen LogP contribution in [0.4, 0.5) is 18.9 Å². The zero-order valence-corrected chi connectivity index (χ0v) is 10.1. The molecule has 2 aliphatic rings. The predicted molar refractivity (Wildman–Crippen MR) is 64.1 cm³/mol. The Kier molecular flexibility index (Phi) is 2.52. The first-order valence-electron chi connectivity index (χ1n) is 6.17. The van der Waals surface area contributed by atoms with E-state index in [1.165, 1.54) is 0 Å². The topological polar surface area (TPSA) is 41.1 Å². The fraction of sp³-hybridized carbons (Fsp3) is 0.462. The molecule has 0 saturated heterocycles. The summed E-state index contributed by atoms with van der Waals surface area (Å²) in [7, 11) is 0. The number of carbonyl (C=O) groups excluding carboxylic acids is 1. The summed E-state index contributed by atoms with van der Waals surface area (Å²) in [5.41, 5.74) is 0.193. The summed E-state index contributed by atoms with van der Waals surface area (Å²) >= 11 is 0. The van der Waals surface area contributed by atoms with Gasteiger partial charge in [-0.15, -0.1) is 0 Å². The molecule has 0 radical (unpaired) electrons. The van der Waals surface area contributed by atoms with Crippen LogP contribution in [-0.4, -0.2) is 24.2 Å². The van der Waals surface area contributed by atoms with E-state index in [-0.39, 0.29) is 18.4 Å². The van der Waals surface area contributed by atoms with Gasteiger partial charge in [-0.2, -0.15) is 13.2 Å². The Labute approximate surface area is 108 Å². The summed E-state index contributed by atoms with van der Waals surface area (Å²) in [6.45, 7) is 0.799. The molecular weight excluding hydrogens is 257 g/mol. The van der Waals surface area contributed by atoms with Crippen molar-refractivity contribution in [2.45, 2.75) is 31.0 Å². The molecule has 0 bridgehead atoms. The van der Waals surface area contributed by atoms with Crippen LogP contribution in [0.25, 0.3) is 0 Å². The van der Waals surface area contributed by atoms with E-state index in [0.717, 1.165) is 24.2 Å². The average Bonchev–Trinajstić information content (AvgIpc) is 2.99. The monoisotopic (exact) mass is 270 g/mol. The summed E-state index contributed by atoms with van der Waals surface area (Å²) < 4.78 is 38.3. The average molecular weight is 270 g/mol. The number of carbonyl (C=O) groups is 1. The van der Waals surface area contributed by atoms with Crippen LogP contribution in [0.15, 0.2) is 18.2 Å².